The Bertz CT molecular complexity index is 350. The van der Waals surface area contributed by atoms with Crippen LogP contribution in [0.25, 0.3) is 0 Å². The topological polar surface area (TPSA) is 61.5 Å². The van der Waals surface area contributed by atoms with Crippen LogP contribution < -0.4 is 5.90 Å². The maximum Gasteiger partial charge on any atom is 0.309 e. The average molecular weight is 299 g/mol. The Kier molecular flexibility index (Phi) is 5.84. The lowest BCUT2D eigenvalue weighted by atomic mass is 9.66. The van der Waals surface area contributed by atoms with Crippen molar-refractivity contribution in [1.82, 2.24) is 0 Å². The van der Waals surface area contributed by atoms with Gasteiger partial charge in [0.25, 0.3) is 0 Å². The number of esters is 1. The summed E-state index contributed by atoms with van der Waals surface area (Å²) in [5.74, 6) is 5.98. The number of nitrogens with two attached hydrogens (primary N) is 1. The minimum absolute atomic E-state index is 0.221. The minimum Gasteiger partial charge on any atom is -0.460 e. The van der Waals surface area contributed by atoms with Gasteiger partial charge >= 0.3 is 5.97 Å². The Hall–Kier alpha value is -0.610. The Morgan fingerprint density at radius 2 is 1.71 bits per heavy atom. The molecule has 124 valence electrons. The molecule has 0 aromatic rings. The first-order chi connectivity index (χ1) is 9.53. The molecule has 0 aliphatic heterocycles. The van der Waals surface area contributed by atoms with Gasteiger partial charge in [-0.05, 0) is 57.8 Å². The Labute approximate surface area is 129 Å². The number of carbonyl (C=O) groups is 1. The number of ether oxygens (including phenoxy) is 1. The van der Waals surface area contributed by atoms with E-state index in [-0.39, 0.29) is 12.4 Å². The fourth-order valence-electron chi connectivity index (χ4n) is 3.19. The van der Waals surface area contributed by atoms with Gasteiger partial charge in [0.1, 0.15) is 5.60 Å². The van der Waals surface area contributed by atoms with Crippen LogP contribution in [0.15, 0.2) is 0 Å². The van der Waals surface area contributed by atoms with Crippen LogP contribution >= 0.6 is 0 Å². The Balaban J connectivity index is 2.63. The lowest BCUT2D eigenvalue weighted by Crippen LogP contribution is -2.44. The molecular weight excluding hydrogens is 266 g/mol. The smallest absolute Gasteiger partial charge is 0.309 e. The summed E-state index contributed by atoms with van der Waals surface area (Å²) in [5, 5.41) is 0. The quantitative estimate of drug-likeness (QED) is 0.616. The number of carbonyl (C=O) groups excluding carboxylic acids is 1. The van der Waals surface area contributed by atoms with Crippen molar-refractivity contribution in [2.24, 2.45) is 17.2 Å². The van der Waals surface area contributed by atoms with E-state index in [4.69, 9.17) is 15.5 Å². The first kappa shape index (κ1) is 18.4. The first-order valence-electron chi connectivity index (χ1n) is 8.13. The molecule has 0 atom stereocenters. The molecule has 2 N–H and O–H groups in total. The minimum atomic E-state index is -0.539. The molecule has 0 heterocycles. The predicted molar refractivity (Wildman–Crippen MR) is 84.5 cm³/mol. The van der Waals surface area contributed by atoms with E-state index < -0.39 is 11.2 Å². The lowest BCUT2D eigenvalue weighted by molar-refractivity contribution is -0.167. The van der Waals surface area contributed by atoms with E-state index in [0.29, 0.717) is 11.3 Å². The summed E-state index contributed by atoms with van der Waals surface area (Å²) < 4.78 is 5.41. The van der Waals surface area contributed by atoms with E-state index in [1.807, 2.05) is 20.8 Å². The SMILES string of the molecule is CCC(C)(C)C1CCC(CC(=O)OC(C)(C)C)(ON)CC1. The Morgan fingerprint density at radius 3 is 2.10 bits per heavy atom. The number of rotatable bonds is 5. The van der Waals surface area contributed by atoms with E-state index in [0.717, 1.165) is 25.7 Å². The van der Waals surface area contributed by atoms with E-state index >= 15 is 0 Å². The highest BCUT2D eigenvalue weighted by atomic mass is 16.6. The molecule has 0 aromatic carbocycles. The van der Waals surface area contributed by atoms with Crippen LogP contribution in [0.4, 0.5) is 0 Å². The lowest BCUT2D eigenvalue weighted by Gasteiger charge is -2.43. The fourth-order valence-corrected chi connectivity index (χ4v) is 3.19. The molecule has 0 unspecified atom stereocenters. The van der Waals surface area contributed by atoms with Gasteiger partial charge in [-0.25, -0.2) is 5.90 Å². The highest BCUT2D eigenvalue weighted by Gasteiger charge is 2.42. The van der Waals surface area contributed by atoms with Crippen LogP contribution in [0.5, 0.6) is 0 Å². The first-order valence-corrected chi connectivity index (χ1v) is 8.13. The molecule has 0 spiro atoms. The van der Waals surface area contributed by atoms with Gasteiger partial charge in [0.2, 0.25) is 0 Å². The van der Waals surface area contributed by atoms with Crippen LogP contribution in [-0.4, -0.2) is 17.2 Å². The average Bonchev–Trinajstić information content (AvgIpc) is 2.37. The maximum absolute atomic E-state index is 12.1. The van der Waals surface area contributed by atoms with Crippen molar-refractivity contribution in [2.45, 2.75) is 91.3 Å². The van der Waals surface area contributed by atoms with Crippen LogP contribution in [0.2, 0.25) is 0 Å². The molecule has 1 aliphatic rings. The second-order valence-corrected chi connectivity index (χ2v) is 8.18. The van der Waals surface area contributed by atoms with E-state index in [1.54, 1.807) is 0 Å². The highest BCUT2D eigenvalue weighted by molar-refractivity contribution is 5.71. The molecule has 4 heteroatoms. The molecule has 1 rings (SSSR count). The van der Waals surface area contributed by atoms with Crippen LogP contribution in [0.1, 0.15) is 80.1 Å². The number of hydrogen-bond donors (Lipinski definition) is 1. The second-order valence-electron chi connectivity index (χ2n) is 8.18. The normalized spacial score (nSPS) is 27.5. The molecule has 1 aliphatic carbocycles. The molecule has 1 saturated carbocycles. The standard InChI is InChI=1S/C17H33NO3/c1-7-16(5,6)13-8-10-17(21-18,11-9-13)12-14(19)20-15(2,3)4/h13H,7-12,18H2,1-6H3. The fraction of sp³-hybridized carbons (Fsp3) is 0.941. The maximum atomic E-state index is 12.1. The third kappa shape index (κ3) is 5.26. The summed E-state index contributed by atoms with van der Waals surface area (Å²) in [6.07, 6.45) is 5.19. The van der Waals surface area contributed by atoms with Gasteiger partial charge in [0, 0.05) is 0 Å². The molecule has 0 aromatic heterocycles. The van der Waals surface area contributed by atoms with Crippen LogP contribution in [-0.2, 0) is 14.4 Å². The summed E-state index contributed by atoms with van der Waals surface area (Å²) >= 11 is 0. The van der Waals surface area contributed by atoms with Crippen molar-refractivity contribution in [3.63, 3.8) is 0 Å². The largest absolute Gasteiger partial charge is 0.460 e. The van der Waals surface area contributed by atoms with Gasteiger partial charge < -0.3 is 4.74 Å². The zero-order valence-electron chi connectivity index (χ0n) is 14.6. The van der Waals surface area contributed by atoms with Crippen LogP contribution in [0, 0.1) is 11.3 Å². The Morgan fingerprint density at radius 1 is 1.19 bits per heavy atom. The summed E-state index contributed by atoms with van der Waals surface area (Å²) in [7, 11) is 0. The third-order valence-corrected chi connectivity index (χ3v) is 5.05. The van der Waals surface area contributed by atoms with Gasteiger partial charge in [-0.1, -0.05) is 27.2 Å². The van der Waals surface area contributed by atoms with E-state index in [9.17, 15) is 4.79 Å². The molecule has 0 amide bonds. The van der Waals surface area contributed by atoms with Gasteiger partial charge in [-0.3, -0.25) is 9.63 Å². The van der Waals surface area contributed by atoms with E-state index in [2.05, 4.69) is 20.8 Å². The zero-order valence-corrected chi connectivity index (χ0v) is 14.6. The molecule has 4 nitrogen and oxygen atoms in total. The summed E-state index contributed by atoms with van der Waals surface area (Å²) in [5.41, 5.74) is -0.663. The summed E-state index contributed by atoms with van der Waals surface area (Å²) in [4.78, 5) is 17.3. The van der Waals surface area contributed by atoms with Crippen molar-refractivity contribution in [2.75, 3.05) is 0 Å². The van der Waals surface area contributed by atoms with Crippen molar-refractivity contribution in [3.8, 4) is 0 Å². The molecule has 1 fully saturated rings. The predicted octanol–water partition coefficient (Wildman–Crippen LogP) is 3.97. The van der Waals surface area contributed by atoms with Crippen molar-refractivity contribution in [1.29, 1.82) is 0 Å². The molecule has 0 saturated heterocycles. The second kappa shape index (κ2) is 6.66. The summed E-state index contributed by atoms with van der Waals surface area (Å²) in [6, 6.07) is 0. The third-order valence-electron chi connectivity index (χ3n) is 5.05. The van der Waals surface area contributed by atoms with Gasteiger partial charge in [-0.2, -0.15) is 0 Å². The summed E-state index contributed by atoms with van der Waals surface area (Å²) in [6.45, 7) is 12.5. The van der Waals surface area contributed by atoms with Crippen molar-refractivity contribution >= 4 is 5.97 Å². The number of hydrogen-bond acceptors (Lipinski definition) is 4. The molecule has 0 radical (unpaired) electrons. The van der Waals surface area contributed by atoms with E-state index in [1.165, 1.54) is 6.42 Å². The van der Waals surface area contributed by atoms with Crippen molar-refractivity contribution < 1.29 is 14.4 Å². The zero-order chi connectivity index (χ0) is 16.3. The van der Waals surface area contributed by atoms with Crippen LogP contribution in [0.3, 0.4) is 0 Å². The van der Waals surface area contributed by atoms with Gasteiger partial charge in [-0.15, -0.1) is 0 Å². The highest BCUT2D eigenvalue weighted by Crippen LogP contribution is 2.45. The molecule has 21 heavy (non-hydrogen) atoms. The molecule has 0 bridgehead atoms. The van der Waals surface area contributed by atoms with Gasteiger partial charge in [0.05, 0.1) is 12.0 Å². The van der Waals surface area contributed by atoms with Crippen molar-refractivity contribution in [3.05, 3.63) is 0 Å². The molecular formula is C17H33NO3. The van der Waals surface area contributed by atoms with Gasteiger partial charge in [0.15, 0.2) is 0 Å². The monoisotopic (exact) mass is 299 g/mol.